The molecule has 1 aromatic carbocycles. The Labute approximate surface area is 120 Å². The Morgan fingerprint density at radius 1 is 1.32 bits per heavy atom. The van der Waals surface area contributed by atoms with Gasteiger partial charge in [0.05, 0.1) is 12.5 Å². The minimum atomic E-state index is 0.0720. The second kappa shape index (κ2) is 7.56. The number of ether oxygens (including phenoxy) is 1. The standard InChI is InChI=1S/C15H21NO2S/c17-15(11-12-4-6-14(19)7-5-12)16-9-8-13-3-1-2-10-18-13/h4-7,13,19H,1-3,8-11H2,(H,16,17). The molecule has 2 rings (SSSR count). The number of hydrogen-bond donors (Lipinski definition) is 2. The lowest BCUT2D eigenvalue weighted by atomic mass is 10.1. The van der Waals surface area contributed by atoms with Crippen molar-refractivity contribution >= 4 is 18.5 Å². The van der Waals surface area contributed by atoms with Gasteiger partial charge in [-0.25, -0.2) is 0 Å². The lowest BCUT2D eigenvalue weighted by molar-refractivity contribution is -0.120. The van der Waals surface area contributed by atoms with E-state index in [1.807, 2.05) is 24.3 Å². The molecule has 1 amide bonds. The first kappa shape index (κ1) is 14.4. The molecule has 104 valence electrons. The maximum absolute atomic E-state index is 11.8. The van der Waals surface area contributed by atoms with Crippen molar-refractivity contribution in [3.8, 4) is 0 Å². The van der Waals surface area contributed by atoms with Crippen LogP contribution in [0.3, 0.4) is 0 Å². The van der Waals surface area contributed by atoms with E-state index in [-0.39, 0.29) is 5.91 Å². The third kappa shape index (κ3) is 5.25. The van der Waals surface area contributed by atoms with Gasteiger partial charge in [-0.2, -0.15) is 0 Å². The van der Waals surface area contributed by atoms with Gasteiger partial charge in [0.2, 0.25) is 5.91 Å². The summed E-state index contributed by atoms with van der Waals surface area (Å²) in [5, 5.41) is 2.96. The average Bonchev–Trinajstić information content (AvgIpc) is 2.43. The van der Waals surface area contributed by atoms with Crippen molar-refractivity contribution in [1.29, 1.82) is 0 Å². The Balaban J connectivity index is 1.65. The SMILES string of the molecule is O=C(Cc1ccc(S)cc1)NCCC1CCCCO1. The molecule has 0 saturated carbocycles. The van der Waals surface area contributed by atoms with Crippen LogP contribution in [0.1, 0.15) is 31.2 Å². The van der Waals surface area contributed by atoms with Crippen LogP contribution in [0.5, 0.6) is 0 Å². The minimum Gasteiger partial charge on any atom is -0.378 e. The highest BCUT2D eigenvalue weighted by molar-refractivity contribution is 7.80. The molecule has 0 aliphatic carbocycles. The Morgan fingerprint density at radius 3 is 2.79 bits per heavy atom. The van der Waals surface area contributed by atoms with Crippen molar-refractivity contribution in [2.45, 2.75) is 43.1 Å². The van der Waals surface area contributed by atoms with Crippen LogP contribution in [0, 0.1) is 0 Å². The minimum absolute atomic E-state index is 0.0720. The molecule has 4 heteroatoms. The van der Waals surface area contributed by atoms with E-state index in [1.54, 1.807) is 0 Å². The van der Waals surface area contributed by atoms with E-state index in [4.69, 9.17) is 4.74 Å². The molecular formula is C15H21NO2S. The van der Waals surface area contributed by atoms with Gasteiger partial charge < -0.3 is 10.1 Å². The molecule has 1 fully saturated rings. The molecule has 1 unspecified atom stereocenters. The van der Waals surface area contributed by atoms with E-state index in [1.165, 1.54) is 12.8 Å². The molecule has 1 aliphatic rings. The largest absolute Gasteiger partial charge is 0.378 e. The van der Waals surface area contributed by atoms with Gasteiger partial charge in [0.15, 0.2) is 0 Å². The van der Waals surface area contributed by atoms with Crippen molar-refractivity contribution in [1.82, 2.24) is 5.32 Å². The summed E-state index contributed by atoms with van der Waals surface area (Å²) in [6.45, 7) is 1.57. The number of benzene rings is 1. The van der Waals surface area contributed by atoms with Gasteiger partial charge >= 0.3 is 0 Å². The van der Waals surface area contributed by atoms with E-state index in [0.29, 0.717) is 19.1 Å². The van der Waals surface area contributed by atoms with Crippen molar-refractivity contribution in [2.75, 3.05) is 13.2 Å². The molecule has 0 spiro atoms. The number of nitrogens with one attached hydrogen (secondary N) is 1. The average molecular weight is 279 g/mol. The molecule has 1 saturated heterocycles. The second-order valence-electron chi connectivity index (χ2n) is 4.97. The summed E-state index contributed by atoms with van der Waals surface area (Å²) in [5.41, 5.74) is 1.02. The maximum atomic E-state index is 11.8. The summed E-state index contributed by atoms with van der Waals surface area (Å²) in [5.74, 6) is 0.0720. The smallest absolute Gasteiger partial charge is 0.224 e. The number of carbonyl (C=O) groups excluding carboxylic acids is 1. The van der Waals surface area contributed by atoms with Crippen LogP contribution in [-0.4, -0.2) is 25.2 Å². The third-order valence-corrected chi connectivity index (χ3v) is 3.66. The zero-order valence-electron chi connectivity index (χ0n) is 11.1. The summed E-state index contributed by atoms with van der Waals surface area (Å²) >= 11 is 4.22. The van der Waals surface area contributed by atoms with Crippen LogP contribution >= 0.6 is 12.6 Å². The fourth-order valence-electron chi connectivity index (χ4n) is 2.27. The fraction of sp³-hybridized carbons (Fsp3) is 0.533. The number of rotatable bonds is 5. The number of thiol groups is 1. The molecule has 0 aromatic heterocycles. The number of hydrogen-bond acceptors (Lipinski definition) is 3. The van der Waals surface area contributed by atoms with Gasteiger partial charge in [-0.05, 0) is 43.4 Å². The molecule has 19 heavy (non-hydrogen) atoms. The van der Waals surface area contributed by atoms with E-state index in [9.17, 15) is 4.79 Å². The predicted octanol–water partition coefficient (Wildman–Crippen LogP) is 2.59. The van der Waals surface area contributed by atoms with E-state index in [2.05, 4.69) is 17.9 Å². The predicted molar refractivity (Wildman–Crippen MR) is 78.6 cm³/mol. The van der Waals surface area contributed by atoms with Crippen molar-refractivity contribution in [2.24, 2.45) is 0 Å². The second-order valence-corrected chi connectivity index (χ2v) is 5.49. The van der Waals surface area contributed by atoms with E-state index >= 15 is 0 Å². The van der Waals surface area contributed by atoms with E-state index < -0.39 is 0 Å². The van der Waals surface area contributed by atoms with Crippen LogP contribution in [0.25, 0.3) is 0 Å². The highest BCUT2D eigenvalue weighted by Gasteiger charge is 2.13. The van der Waals surface area contributed by atoms with Gasteiger partial charge in [0.1, 0.15) is 0 Å². The molecule has 0 bridgehead atoms. The Bertz CT molecular complexity index is 399. The topological polar surface area (TPSA) is 38.3 Å². The Kier molecular flexibility index (Phi) is 5.73. The molecule has 1 atom stereocenters. The summed E-state index contributed by atoms with van der Waals surface area (Å²) < 4.78 is 5.63. The third-order valence-electron chi connectivity index (χ3n) is 3.36. The van der Waals surface area contributed by atoms with Crippen LogP contribution in [-0.2, 0) is 16.0 Å². The van der Waals surface area contributed by atoms with Gasteiger partial charge in [-0.1, -0.05) is 12.1 Å². The molecule has 0 radical (unpaired) electrons. The van der Waals surface area contributed by atoms with Crippen molar-refractivity contribution in [3.05, 3.63) is 29.8 Å². The highest BCUT2D eigenvalue weighted by atomic mass is 32.1. The van der Waals surface area contributed by atoms with Crippen LogP contribution < -0.4 is 5.32 Å². The van der Waals surface area contributed by atoms with Crippen molar-refractivity contribution in [3.63, 3.8) is 0 Å². The van der Waals surface area contributed by atoms with Gasteiger partial charge in [0.25, 0.3) is 0 Å². The summed E-state index contributed by atoms with van der Waals surface area (Å²) in [6.07, 6.45) is 5.22. The number of amides is 1. The van der Waals surface area contributed by atoms with E-state index in [0.717, 1.165) is 29.9 Å². The van der Waals surface area contributed by atoms with Crippen LogP contribution in [0.15, 0.2) is 29.2 Å². The zero-order valence-corrected chi connectivity index (χ0v) is 12.0. The molecule has 1 aromatic rings. The van der Waals surface area contributed by atoms with Gasteiger partial charge in [-0.3, -0.25) is 4.79 Å². The molecular weight excluding hydrogens is 258 g/mol. The zero-order chi connectivity index (χ0) is 13.5. The fourth-order valence-corrected chi connectivity index (χ4v) is 2.42. The first-order valence-electron chi connectivity index (χ1n) is 6.90. The first-order valence-corrected chi connectivity index (χ1v) is 7.35. The van der Waals surface area contributed by atoms with Crippen molar-refractivity contribution < 1.29 is 9.53 Å². The summed E-state index contributed by atoms with van der Waals surface area (Å²) in [7, 11) is 0. The number of carbonyl (C=O) groups is 1. The monoisotopic (exact) mass is 279 g/mol. The quantitative estimate of drug-likeness (QED) is 0.813. The van der Waals surface area contributed by atoms with Gasteiger partial charge in [-0.15, -0.1) is 12.6 Å². The normalized spacial score (nSPS) is 19.1. The first-order chi connectivity index (χ1) is 9.24. The molecule has 1 aliphatic heterocycles. The summed E-state index contributed by atoms with van der Waals surface area (Å²) in [4.78, 5) is 12.7. The Hall–Kier alpha value is -1.00. The highest BCUT2D eigenvalue weighted by Crippen LogP contribution is 2.14. The molecule has 1 heterocycles. The summed E-state index contributed by atoms with van der Waals surface area (Å²) in [6, 6.07) is 7.68. The molecule has 3 nitrogen and oxygen atoms in total. The Morgan fingerprint density at radius 2 is 2.11 bits per heavy atom. The van der Waals surface area contributed by atoms with Gasteiger partial charge in [0, 0.05) is 18.0 Å². The lowest BCUT2D eigenvalue weighted by Gasteiger charge is -2.22. The van der Waals surface area contributed by atoms with Crippen LogP contribution in [0.4, 0.5) is 0 Å². The lowest BCUT2D eigenvalue weighted by Crippen LogP contribution is -2.30. The molecule has 1 N–H and O–H groups in total. The maximum Gasteiger partial charge on any atom is 0.224 e. The van der Waals surface area contributed by atoms with Crippen LogP contribution in [0.2, 0.25) is 0 Å².